The van der Waals surface area contributed by atoms with Crippen LogP contribution in [0, 0.1) is 5.92 Å². The summed E-state index contributed by atoms with van der Waals surface area (Å²) in [5.41, 5.74) is 0. The number of hydrogen-bond donors (Lipinski definition) is 1. The Labute approximate surface area is 122 Å². The Morgan fingerprint density at radius 1 is 1.40 bits per heavy atom. The molecule has 4 heteroatoms. The molecule has 0 saturated carbocycles. The highest BCUT2D eigenvalue weighted by Crippen LogP contribution is 2.28. The lowest BCUT2D eigenvalue weighted by atomic mass is 9.97. The molecule has 112 valence electrons. The molecule has 1 saturated heterocycles. The van der Waals surface area contributed by atoms with E-state index in [1.54, 1.807) is 0 Å². The summed E-state index contributed by atoms with van der Waals surface area (Å²) in [4.78, 5) is 6.96. The number of piperidine rings is 1. The Hall–Kier alpha value is -1.29. The Morgan fingerprint density at radius 3 is 2.80 bits per heavy atom. The van der Waals surface area contributed by atoms with Crippen molar-refractivity contribution in [1.29, 1.82) is 0 Å². The molecule has 1 aromatic heterocycles. The summed E-state index contributed by atoms with van der Waals surface area (Å²) in [6.45, 7) is 10.5. The molecule has 1 aliphatic rings. The summed E-state index contributed by atoms with van der Waals surface area (Å²) in [6.07, 6.45) is 4.36. The molecule has 0 bridgehead atoms. The van der Waals surface area contributed by atoms with E-state index in [2.05, 4.69) is 29.0 Å². The zero-order valence-electron chi connectivity index (χ0n) is 12.9. The number of pyridine rings is 1. The maximum Gasteiger partial charge on any atom is 0.171 e. The minimum Gasteiger partial charge on any atom is -0.490 e. The lowest BCUT2D eigenvalue weighted by molar-refractivity contribution is 0.333. The Morgan fingerprint density at radius 2 is 2.15 bits per heavy atom. The summed E-state index contributed by atoms with van der Waals surface area (Å²) in [6, 6.07) is 4.39. The molecule has 4 nitrogen and oxygen atoms in total. The van der Waals surface area contributed by atoms with Gasteiger partial charge in [-0.25, -0.2) is 4.98 Å². The minimum absolute atomic E-state index is 0.430. The summed E-state index contributed by atoms with van der Waals surface area (Å²) in [7, 11) is 0. The molecule has 1 aromatic rings. The largest absolute Gasteiger partial charge is 0.490 e. The molecule has 20 heavy (non-hydrogen) atoms. The maximum absolute atomic E-state index is 5.74. The lowest BCUT2D eigenvalue weighted by Gasteiger charge is -2.34. The molecular formula is C16H27N3O. The second-order valence-corrected chi connectivity index (χ2v) is 5.70. The monoisotopic (exact) mass is 277 g/mol. The van der Waals surface area contributed by atoms with Crippen molar-refractivity contribution in [2.75, 3.05) is 31.1 Å². The molecule has 0 amide bonds. The van der Waals surface area contributed by atoms with Gasteiger partial charge in [-0.1, -0.05) is 0 Å². The van der Waals surface area contributed by atoms with Crippen LogP contribution in [0.4, 0.5) is 5.82 Å². The van der Waals surface area contributed by atoms with Crippen molar-refractivity contribution in [3.63, 3.8) is 0 Å². The van der Waals surface area contributed by atoms with E-state index in [0.29, 0.717) is 12.6 Å². The van der Waals surface area contributed by atoms with Crippen molar-refractivity contribution in [2.45, 2.75) is 39.7 Å². The topological polar surface area (TPSA) is 37.4 Å². The van der Waals surface area contributed by atoms with Gasteiger partial charge in [0.15, 0.2) is 11.6 Å². The van der Waals surface area contributed by atoms with Gasteiger partial charge in [-0.15, -0.1) is 0 Å². The highest BCUT2D eigenvalue weighted by atomic mass is 16.5. The normalized spacial score (nSPS) is 16.4. The first-order valence-corrected chi connectivity index (χ1v) is 7.77. The van der Waals surface area contributed by atoms with Crippen LogP contribution in [-0.4, -0.2) is 37.3 Å². The van der Waals surface area contributed by atoms with Crippen molar-refractivity contribution >= 4 is 5.82 Å². The molecule has 1 aliphatic heterocycles. The molecule has 0 spiro atoms. The molecule has 1 fully saturated rings. The van der Waals surface area contributed by atoms with Crippen LogP contribution in [0.15, 0.2) is 18.3 Å². The standard InChI is InChI=1S/C16H27N3O/c1-4-20-15-6-5-9-18-16(15)19(13(2)3)12-14-7-10-17-11-8-14/h5-6,9,13-14,17H,4,7-8,10-12H2,1-3H3. The van der Waals surface area contributed by atoms with Gasteiger partial charge in [-0.05, 0) is 64.8 Å². The number of hydrogen-bond acceptors (Lipinski definition) is 4. The second kappa shape index (κ2) is 7.48. The van der Waals surface area contributed by atoms with Gasteiger partial charge < -0.3 is 15.0 Å². The van der Waals surface area contributed by atoms with E-state index in [-0.39, 0.29) is 0 Å². The van der Waals surface area contributed by atoms with Gasteiger partial charge in [0.25, 0.3) is 0 Å². The van der Waals surface area contributed by atoms with E-state index in [0.717, 1.165) is 37.1 Å². The van der Waals surface area contributed by atoms with Crippen molar-refractivity contribution < 1.29 is 4.74 Å². The average Bonchev–Trinajstić information content (AvgIpc) is 2.47. The average molecular weight is 277 g/mol. The molecule has 0 radical (unpaired) electrons. The third-order valence-electron chi connectivity index (χ3n) is 3.86. The van der Waals surface area contributed by atoms with Crippen molar-refractivity contribution in [3.05, 3.63) is 18.3 Å². The third kappa shape index (κ3) is 3.85. The van der Waals surface area contributed by atoms with E-state index in [1.807, 2.05) is 25.3 Å². The first-order chi connectivity index (χ1) is 9.72. The number of nitrogens with one attached hydrogen (secondary N) is 1. The fourth-order valence-corrected chi connectivity index (χ4v) is 2.75. The predicted molar refractivity (Wildman–Crippen MR) is 83.5 cm³/mol. The van der Waals surface area contributed by atoms with Gasteiger partial charge in [0.2, 0.25) is 0 Å². The molecule has 2 rings (SSSR count). The minimum atomic E-state index is 0.430. The summed E-state index contributed by atoms with van der Waals surface area (Å²) >= 11 is 0. The zero-order valence-corrected chi connectivity index (χ0v) is 12.9. The van der Waals surface area contributed by atoms with Gasteiger partial charge in [0.05, 0.1) is 6.61 Å². The highest BCUT2D eigenvalue weighted by molar-refractivity contribution is 5.52. The van der Waals surface area contributed by atoms with E-state index in [9.17, 15) is 0 Å². The Bertz CT molecular complexity index is 402. The predicted octanol–water partition coefficient (Wildman–Crippen LogP) is 2.69. The molecule has 0 aliphatic carbocycles. The van der Waals surface area contributed by atoms with Crippen LogP contribution in [0.2, 0.25) is 0 Å². The van der Waals surface area contributed by atoms with Gasteiger partial charge in [-0.2, -0.15) is 0 Å². The van der Waals surface area contributed by atoms with Gasteiger partial charge in [0, 0.05) is 18.8 Å². The number of ether oxygens (including phenoxy) is 1. The molecule has 1 N–H and O–H groups in total. The molecular weight excluding hydrogens is 250 g/mol. The Kier molecular flexibility index (Phi) is 5.65. The SMILES string of the molecule is CCOc1cccnc1N(CC1CCNCC1)C(C)C. The van der Waals surface area contributed by atoms with Crippen LogP contribution in [-0.2, 0) is 0 Å². The van der Waals surface area contributed by atoms with E-state index >= 15 is 0 Å². The second-order valence-electron chi connectivity index (χ2n) is 5.70. The molecule has 0 aromatic carbocycles. The van der Waals surface area contributed by atoms with Crippen molar-refractivity contribution in [1.82, 2.24) is 10.3 Å². The fourth-order valence-electron chi connectivity index (χ4n) is 2.75. The van der Waals surface area contributed by atoms with Crippen LogP contribution < -0.4 is 15.0 Å². The summed E-state index contributed by atoms with van der Waals surface area (Å²) in [5.74, 6) is 2.63. The first-order valence-electron chi connectivity index (χ1n) is 7.77. The van der Waals surface area contributed by atoms with Crippen LogP contribution in [0.3, 0.4) is 0 Å². The van der Waals surface area contributed by atoms with Crippen molar-refractivity contribution in [2.24, 2.45) is 5.92 Å². The molecule has 0 atom stereocenters. The van der Waals surface area contributed by atoms with E-state index < -0.39 is 0 Å². The number of rotatable bonds is 6. The number of anilines is 1. The van der Waals surface area contributed by atoms with Gasteiger partial charge >= 0.3 is 0 Å². The lowest BCUT2D eigenvalue weighted by Crippen LogP contribution is -2.40. The van der Waals surface area contributed by atoms with E-state index in [1.165, 1.54) is 12.8 Å². The fraction of sp³-hybridized carbons (Fsp3) is 0.688. The first kappa shape index (κ1) is 15.1. The van der Waals surface area contributed by atoms with E-state index in [4.69, 9.17) is 4.74 Å². The Balaban J connectivity index is 2.15. The van der Waals surface area contributed by atoms with Crippen LogP contribution in [0.5, 0.6) is 5.75 Å². The zero-order chi connectivity index (χ0) is 14.4. The molecule has 2 heterocycles. The molecule has 0 unspecified atom stereocenters. The smallest absolute Gasteiger partial charge is 0.171 e. The van der Waals surface area contributed by atoms with Gasteiger partial charge in [0.1, 0.15) is 0 Å². The summed E-state index contributed by atoms with van der Waals surface area (Å²) < 4.78 is 5.74. The maximum atomic E-state index is 5.74. The number of aromatic nitrogens is 1. The van der Waals surface area contributed by atoms with Crippen LogP contribution in [0.25, 0.3) is 0 Å². The van der Waals surface area contributed by atoms with Gasteiger partial charge in [-0.3, -0.25) is 0 Å². The highest BCUT2D eigenvalue weighted by Gasteiger charge is 2.22. The van der Waals surface area contributed by atoms with Crippen molar-refractivity contribution in [3.8, 4) is 5.75 Å². The number of nitrogens with zero attached hydrogens (tertiary/aromatic N) is 2. The third-order valence-corrected chi connectivity index (χ3v) is 3.86. The van der Waals surface area contributed by atoms with Crippen LogP contribution >= 0.6 is 0 Å². The van der Waals surface area contributed by atoms with Crippen LogP contribution in [0.1, 0.15) is 33.6 Å². The quantitative estimate of drug-likeness (QED) is 0.867. The summed E-state index contributed by atoms with van der Waals surface area (Å²) in [5, 5.41) is 3.43.